The Morgan fingerprint density at radius 2 is 2.07 bits per heavy atom. The van der Waals surface area contributed by atoms with E-state index in [1.165, 1.54) is 6.42 Å². The number of ether oxygens (including phenoxy) is 2. The normalized spacial score (nSPS) is 18.1. The van der Waals surface area contributed by atoms with Crippen molar-refractivity contribution >= 4 is 5.69 Å². The fourth-order valence-electron chi connectivity index (χ4n) is 4.20. The van der Waals surface area contributed by atoms with Crippen molar-refractivity contribution in [2.75, 3.05) is 38.4 Å². The van der Waals surface area contributed by atoms with Crippen LogP contribution in [0.1, 0.15) is 30.3 Å². The van der Waals surface area contributed by atoms with Crippen LogP contribution >= 0.6 is 0 Å². The molecule has 1 atom stereocenters. The van der Waals surface area contributed by atoms with Crippen LogP contribution in [0.4, 0.5) is 5.69 Å². The third kappa shape index (κ3) is 3.70. The lowest BCUT2D eigenvalue weighted by Crippen LogP contribution is -2.33. The Hall–Kier alpha value is -3.13. The van der Waals surface area contributed by atoms with Crippen LogP contribution in [0.15, 0.2) is 43.0 Å². The molecule has 1 aromatic carbocycles. The number of imidazole rings is 1. The maximum absolute atomic E-state index is 5.52. The molecule has 0 amide bonds. The number of likely N-dealkylation sites (tertiary alicyclic amines) is 1. The van der Waals surface area contributed by atoms with Gasteiger partial charge in [0.1, 0.15) is 6.33 Å². The topological polar surface area (TPSA) is 68.5 Å². The van der Waals surface area contributed by atoms with E-state index in [9.17, 15) is 0 Å². The van der Waals surface area contributed by atoms with E-state index in [1.807, 2.05) is 23.8 Å². The maximum Gasteiger partial charge on any atom is 0.235 e. The van der Waals surface area contributed by atoms with Gasteiger partial charge in [-0.25, -0.2) is 15.0 Å². The van der Waals surface area contributed by atoms with Crippen molar-refractivity contribution in [1.82, 2.24) is 24.4 Å². The van der Waals surface area contributed by atoms with Gasteiger partial charge in [0.25, 0.3) is 0 Å². The standard InChI is InChI=1S/C22H26N6O2/c1-16-12-18(25-22(24-16)28-9-7-23-14-28)19-4-3-8-27(19)11-10-26(2)17-5-6-20-21(13-17)30-15-29-20/h5-7,9,12-14,19H,3-4,8,10-11,15H2,1-2H3. The van der Waals surface area contributed by atoms with Gasteiger partial charge in [-0.05, 0) is 44.5 Å². The molecule has 0 saturated carbocycles. The maximum atomic E-state index is 5.52. The summed E-state index contributed by atoms with van der Waals surface area (Å²) in [6.07, 6.45) is 7.67. The molecule has 1 saturated heterocycles. The zero-order chi connectivity index (χ0) is 20.5. The van der Waals surface area contributed by atoms with E-state index >= 15 is 0 Å². The van der Waals surface area contributed by atoms with Gasteiger partial charge in [0, 0.05) is 50.0 Å². The first-order chi connectivity index (χ1) is 14.7. The van der Waals surface area contributed by atoms with E-state index in [4.69, 9.17) is 14.5 Å². The first-order valence-corrected chi connectivity index (χ1v) is 10.4. The number of aryl methyl sites for hydroxylation is 1. The minimum absolute atomic E-state index is 0.303. The number of likely N-dealkylation sites (N-methyl/N-ethyl adjacent to an activating group) is 1. The number of benzene rings is 1. The van der Waals surface area contributed by atoms with Crippen LogP contribution < -0.4 is 14.4 Å². The van der Waals surface area contributed by atoms with Crippen molar-refractivity contribution in [2.24, 2.45) is 0 Å². The molecule has 0 bridgehead atoms. The minimum Gasteiger partial charge on any atom is -0.454 e. The van der Waals surface area contributed by atoms with Crippen LogP contribution in [-0.2, 0) is 0 Å². The molecule has 2 aliphatic heterocycles. The van der Waals surface area contributed by atoms with Gasteiger partial charge in [0.05, 0.1) is 11.7 Å². The first-order valence-electron chi connectivity index (χ1n) is 10.4. The van der Waals surface area contributed by atoms with E-state index < -0.39 is 0 Å². The zero-order valence-corrected chi connectivity index (χ0v) is 17.4. The summed E-state index contributed by atoms with van der Waals surface area (Å²) in [5.74, 6) is 2.33. The molecule has 0 N–H and O–H groups in total. The molecule has 3 aromatic rings. The SMILES string of the molecule is Cc1cc(C2CCCN2CCN(C)c2ccc3c(c2)OCO3)nc(-n2ccnc2)n1. The van der Waals surface area contributed by atoms with Gasteiger partial charge in [0.2, 0.25) is 12.7 Å². The molecule has 1 fully saturated rings. The highest BCUT2D eigenvalue weighted by molar-refractivity contribution is 5.56. The second-order valence-corrected chi connectivity index (χ2v) is 7.86. The molecule has 0 aliphatic carbocycles. The summed E-state index contributed by atoms with van der Waals surface area (Å²) in [6.45, 7) is 5.31. The molecule has 0 spiro atoms. The van der Waals surface area contributed by atoms with Gasteiger partial charge in [-0.1, -0.05) is 0 Å². The zero-order valence-electron chi connectivity index (χ0n) is 17.4. The highest BCUT2D eigenvalue weighted by Gasteiger charge is 2.28. The number of hydrogen-bond donors (Lipinski definition) is 0. The lowest BCUT2D eigenvalue weighted by molar-refractivity contribution is 0.174. The summed E-state index contributed by atoms with van der Waals surface area (Å²) in [5, 5.41) is 0. The van der Waals surface area contributed by atoms with Crippen molar-refractivity contribution in [2.45, 2.75) is 25.8 Å². The highest BCUT2D eigenvalue weighted by Crippen LogP contribution is 2.35. The van der Waals surface area contributed by atoms with Crippen LogP contribution in [0.2, 0.25) is 0 Å². The molecule has 30 heavy (non-hydrogen) atoms. The predicted octanol–water partition coefficient (Wildman–Crippen LogP) is 2.97. The van der Waals surface area contributed by atoms with Crippen molar-refractivity contribution in [3.63, 3.8) is 0 Å². The van der Waals surface area contributed by atoms with Crippen LogP contribution in [0, 0.1) is 6.92 Å². The van der Waals surface area contributed by atoms with Crippen molar-refractivity contribution < 1.29 is 9.47 Å². The van der Waals surface area contributed by atoms with Crippen molar-refractivity contribution in [1.29, 1.82) is 0 Å². The van der Waals surface area contributed by atoms with Crippen LogP contribution in [-0.4, -0.2) is 57.9 Å². The summed E-state index contributed by atoms with van der Waals surface area (Å²) in [6, 6.07) is 8.55. The Balaban J connectivity index is 1.29. The quantitative estimate of drug-likeness (QED) is 0.623. The Morgan fingerprint density at radius 1 is 1.17 bits per heavy atom. The summed E-state index contributed by atoms with van der Waals surface area (Å²) < 4.78 is 12.8. The molecule has 4 heterocycles. The van der Waals surface area contributed by atoms with Crippen LogP contribution in [0.25, 0.3) is 5.95 Å². The molecule has 1 unspecified atom stereocenters. The van der Waals surface area contributed by atoms with E-state index in [0.717, 1.165) is 54.6 Å². The number of hydrogen-bond acceptors (Lipinski definition) is 7. The van der Waals surface area contributed by atoms with Gasteiger partial charge in [-0.3, -0.25) is 9.47 Å². The molecule has 0 radical (unpaired) electrons. The lowest BCUT2D eigenvalue weighted by atomic mass is 10.1. The molecule has 2 aromatic heterocycles. The molecule has 8 nitrogen and oxygen atoms in total. The van der Waals surface area contributed by atoms with Gasteiger partial charge in [0.15, 0.2) is 11.5 Å². The van der Waals surface area contributed by atoms with Crippen molar-refractivity contribution in [3.8, 4) is 17.4 Å². The molecule has 8 heteroatoms. The van der Waals surface area contributed by atoms with Crippen LogP contribution in [0.3, 0.4) is 0 Å². The molecule has 2 aliphatic rings. The third-order valence-corrected chi connectivity index (χ3v) is 5.82. The monoisotopic (exact) mass is 406 g/mol. The Kier molecular flexibility index (Phi) is 5.00. The molecule has 156 valence electrons. The van der Waals surface area contributed by atoms with E-state index in [0.29, 0.717) is 18.8 Å². The van der Waals surface area contributed by atoms with E-state index in [-0.39, 0.29) is 0 Å². The Bertz CT molecular complexity index is 1020. The lowest BCUT2D eigenvalue weighted by Gasteiger charge is -2.28. The number of aromatic nitrogens is 4. The second-order valence-electron chi connectivity index (χ2n) is 7.86. The molecule has 5 rings (SSSR count). The smallest absolute Gasteiger partial charge is 0.235 e. The largest absolute Gasteiger partial charge is 0.454 e. The summed E-state index contributed by atoms with van der Waals surface area (Å²) >= 11 is 0. The summed E-state index contributed by atoms with van der Waals surface area (Å²) in [4.78, 5) is 18.4. The van der Waals surface area contributed by atoms with E-state index in [1.54, 1.807) is 12.5 Å². The average Bonchev–Trinajstić information content (AvgIpc) is 3.52. The third-order valence-electron chi connectivity index (χ3n) is 5.82. The Labute approximate surface area is 176 Å². The second kappa shape index (κ2) is 7.95. The summed E-state index contributed by atoms with van der Waals surface area (Å²) in [7, 11) is 2.12. The van der Waals surface area contributed by atoms with E-state index in [2.05, 4.69) is 45.0 Å². The van der Waals surface area contributed by atoms with Gasteiger partial charge in [-0.2, -0.15) is 0 Å². The molecular weight excluding hydrogens is 380 g/mol. The van der Waals surface area contributed by atoms with Gasteiger partial charge >= 0.3 is 0 Å². The molecular formula is C22H26N6O2. The number of fused-ring (bicyclic) bond motifs is 1. The van der Waals surface area contributed by atoms with Gasteiger partial charge < -0.3 is 14.4 Å². The number of rotatable bonds is 6. The minimum atomic E-state index is 0.303. The van der Waals surface area contributed by atoms with Crippen molar-refractivity contribution in [3.05, 3.63) is 54.4 Å². The number of anilines is 1. The summed E-state index contributed by atoms with van der Waals surface area (Å²) in [5.41, 5.74) is 3.21. The predicted molar refractivity (Wildman–Crippen MR) is 113 cm³/mol. The highest BCUT2D eigenvalue weighted by atomic mass is 16.7. The Morgan fingerprint density at radius 3 is 2.93 bits per heavy atom. The number of nitrogens with zero attached hydrogens (tertiary/aromatic N) is 6. The first kappa shape index (κ1) is 18.9. The van der Waals surface area contributed by atoms with Gasteiger partial charge in [-0.15, -0.1) is 0 Å². The fourth-order valence-corrected chi connectivity index (χ4v) is 4.20. The van der Waals surface area contributed by atoms with Crippen LogP contribution in [0.5, 0.6) is 11.5 Å². The fraction of sp³-hybridized carbons (Fsp3) is 0.409. The average molecular weight is 406 g/mol.